The highest BCUT2D eigenvalue weighted by Gasteiger charge is 2.03. The molecule has 1 aromatic rings. The van der Waals surface area contributed by atoms with Gasteiger partial charge < -0.3 is 5.32 Å². The molecule has 0 atom stereocenters. The van der Waals surface area contributed by atoms with Crippen LogP contribution in [0.25, 0.3) is 0 Å². The maximum Gasteiger partial charge on any atom is 0.0189 e. The van der Waals surface area contributed by atoms with E-state index in [2.05, 4.69) is 29.0 Å². The zero-order valence-electron chi connectivity index (χ0n) is 6.34. The van der Waals surface area contributed by atoms with Crippen LogP contribution in [0.5, 0.6) is 0 Å². The Kier molecular flexibility index (Phi) is 1.95. The van der Waals surface area contributed by atoms with Crippen LogP contribution < -0.4 is 5.32 Å². The van der Waals surface area contributed by atoms with Crippen molar-refractivity contribution in [2.75, 3.05) is 6.54 Å². The van der Waals surface area contributed by atoms with Crippen molar-refractivity contribution < 1.29 is 0 Å². The van der Waals surface area contributed by atoms with Gasteiger partial charge in [-0.25, -0.2) is 0 Å². The number of allylic oxidation sites excluding steroid dienone is 1. The molecule has 1 aromatic heterocycles. The van der Waals surface area contributed by atoms with Crippen LogP contribution in [0.1, 0.15) is 10.4 Å². The van der Waals surface area contributed by atoms with E-state index in [0.717, 1.165) is 13.0 Å². The van der Waals surface area contributed by atoms with E-state index in [1.54, 1.807) is 4.88 Å². The molecule has 0 amide bonds. The fourth-order valence-corrected chi connectivity index (χ4v) is 2.23. The second kappa shape index (κ2) is 3.09. The number of rotatable bonds is 0. The van der Waals surface area contributed by atoms with E-state index in [0.29, 0.717) is 0 Å². The Labute approximate surface area is 70.8 Å². The Bertz CT molecular complexity index is 262. The van der Waals surface area contributed by atoms with Gasteiger partial charge in [0.25, 0.3) is 0 Å². The minimum Gasteiger partial charge on any atom is -0.391 e. The second-order valence-electron chi connectivity index (χ2n) is 2.68. The number of thiophene rings is 1. The number of hydrogen-bond donors (Lipinski definition) is 1. The van der Waals surface area contributed by atoms with Crippen LogP contribution in [0.2, 0.25) is 0 Å². The average Bonchev–Trinajstić information content (AvgIpc) is 2.35. The van der Waals surface area contributed by atoms with Gasteiger partial charge in [0.2, 0.25) is 0 Å². The fourth-order valence-electron chi connectivity index (χ4n) is 1.31. The number of nitrogens with one attached hydrogen (secondary N) is 1. The summed E-state index contributed by atoms with van der Waals surface area (Å²) >= 11 is 1.87. The molecule has 1 nitrogen and oxygen atoms in total. The molecule has 2 heteroatoms. The lowest BCUT2D eigenvalue weighted by atomic mass is 10.1. The van der Waals surface area contributed by atoms with Crippen LogP contribution >= 0.6 is 11.3 Å². The van der Waals surface area contributed by atoms with Crippen molar-refractivity contribution in [3.8, 4) is 0 Å². The third-order valence-electron chi connectivity index (χ3n) is 1.91. The first-order chi connectivity index (χ1) is 5.47. The maximum atomic E-state index is 3.24. The van der Waals surface area contributed by atoms with Gasteiger partial charge in [-0.15, -0.1) is 11.3 Å². The summed E-state index contributed by atoms with van der Waals surface area (Å²) in [6, 6.07) is 2.23. The number of hydrogen-bond acceptors (Lipinski definition) is 2. The van der Waals surface area contributed by atoms with Crippen LogP contribution in [-0.4, -0.2) is 6.54 Å². The molecule has 0 saturated carbocycles. The Balaban J connectivity index is 2.27. The SMILES string of the molecule is C1=C\NCCc2sccc2C/1. The molecule has 1 aliphatic rings. The topological polar surface area (TPSA) is 12.0 Å². The van der Waals surface area contributed by atoms with Gasteiger partial charge in [-0.05, 0) is 36.1 Å². The summed E-state index contributed by atoms with van der Waals surface area (Å²) in [7, 11) is 0. The molecular weight excluding hydrogens is 154 g/mol. The van der Waals surface area contributed by atoms with E-state index in [4.69, 9.17) is 0 Å². The highest BCUT2D eigenvalue weighted by atomic mass is 32.1. The van der Waals surface area contributed by atoms with Gasteiger partial charge in [0.05, 0.1) is 0 Å². The lowest BCUT2D eigenvalue weighted by molar-refractivity contribution is 0.823. The molecule has 1 N–H and O–H groups in total. The third-order valence-corrected chi connectivity index (χ3v) is 2.93. The van der Waals surface area contributed by atoms with Crippen molar-refractivity contribution in [3.63, 3.8) is 0 Å². The first-order valence-electron chi connectivity index (χ1n) is 3.90. The van der Waals surface area contributed by atoms with E-state index < -0.39 is 0 Å². The summed E-state index contributed by atoms with van der Waals surface area (Å²) in [5, 5.41) is 5.43. The van der Waals surface area contributed by atoms with Gasteiger partial charge in [0, 0.05) is 11.4 Å². The standard InChI is InChI=1S/C9H11NS/c1-2-8-4-7-11-9(8)3-6-10-5-1/h1,4-5,7,10H,2-3,6H2/b5-1-. The summed E-state index contributed by atoms with van der Waals surface area (Å²) in [6.45, 7) is 1.07. The van der Waals surface area contributed by atoms with E-state index in [9.17, 15) is 0 Å². The zero-order chi connectivity index (χ0) is 7.52. The molecule has 0 unspecified atom stereocenters. The highest BCUT2D eigenvalue weighted by Crippen LogP contribution is 2.18. The van der Waals surface area contributed by atoms with Crippen molar-refractivity contribution in [2.24, 2.45) is 0 Å². The van der Waals surface area contributed by atoms with Crippen molar-refractivity contribution >= 4 is 11.3 Å². The molecule has 0 spiro atoms. The van der Waals surface area contributed by atoms with Crippen LogP contribution in [0.3, 0.4) is 0 Å². The lowest BCUT2D eigenvalue weighted by Gasteiger charge is -2.05. The van der Waals surface area contributed by atoms with Crippen molar-refractivity contribution in [3.05, 3.63) is 34.2 Å². The second-order valence-corrected chi connectivity index (χ2v) is 3.68. The molecule has 0 radical (unpaired) electrons. The van der Waals surface area contributed by atoms with Gasteiger partial charge in [-0.2, -0.15) is 0 Å². The normalized spacial score (nSPS) is 19.3. The van der Waals surface area contributed by atoms with Gasteiger partial charge in [-0.3, -0.25) is 0 Å². The predicted molar refractivity (Wildman–Crippen MR) is 48.9 cm³/mol. The lowest BCUT2D eigenvalue weighted by Crippen LogP contribution is -2.11. The average molecular weight is 165 g/mol. The van der Waals surface area contributed by atoms with Crippen LogP contribution in [0.4, 0.5) is 0 Å². The molecule has 2 heterocycles. The Hall–Kier alpha value is -0.760. The van der Waals surface area contributed by atoms with E-state index >= 15 is 0 Å². The first kappa shape index (κ1) is 6.92. The van der Waals surface area contributed by atoms with Crippen LogP contribution in [-0.2, 0) is 12.8 Å². The summed E-state index contributed by atoms with van der Waals surface area (Å²) in [5.41, 5.74) is 1.51. The van der Waals surface area contributed by atoms with Crippen molar-refractivity contribution in [1.29, 1.82) is 0 Å². The smallest absolute Gasteiger partial charge is 0.0189 e. The van der Waals surface area contributed by atoms with Gasteiger partial charge in [-0.1, -0.05) is 6.08 Å². The molecule has 1 aliphatic heterocycles. The Morgan fingerprint density at radius 3 is 3.45 bits per heavy atom. The van der Waals surface area contributed by atoms with E-state index in [1.807, 2.05) is 11.3 Å². The highest BCUT2D eigenvalue weighted by molar-refractivity contribution is 7.10. The molecule has 0 aromatic carbocycles. The molecule has 0 aliphatic carbocycles. The summed E-state index contributed by atoms with van der Waals surface area (Å²) in [6.07, 6.45) is 6.51. The fraction of sp³-hybridized carbons (Fsp3) is 0.333. The van der Waals surface area contributed by atoms with Crippen LogP contribution in [0, 0.1) is 0 Å². The molecule has 2 rings (SSSR count). The predicted octanol–water partition coefficient (Wildman–Crippen LogP) is 1.95. The van der Waals surface area contributed by atoms with Crippen LogP contribution in [0.15, 0.2) is 23.7 Å². The molecule has 0 saturated heterocycles. The molecule has 58 valence electrons. The first-order valence-corrected chi connectivity index (χ1v) is 4.78. The van der Waals surface area contributed by atoms with Gasteiger partial charge in [0.15, 0.2) is 0 Å². The molecule has 0 bridgehead atoms. The number of fused-ring (bicyclic) bond motifs is 1. The monoisotopic (exact) mass is 165 g/mol. The largest absolute Gasteiger partial charge is 0.391 e. The molecular formula is C9H11NS. The maximum absolute atomic E-state index is 3.24. The molecule has 11 heavy (non-hydrogen) atoms. The quantitative estimate of drug-likeness (QED) is 0.619. The van der Waals surface area contributed by atoms with E-state index in [1.165, 1.54) is 12.0 Å². The van der Waals surface area contributed by atoms with Gasteiger partial charge in [0.1, 0.15) is 0 Å². The van der Waals surface area contributed by atoms with Crippen molar-refractivity contribution in [2.45, 2.75) is 12.8 Å². The van der Waals surface area contributed by atoms with Crippen molar-refractivity contribution in [1.82, 2.24) is 5.32 Å². The summed E-state index contributed by atoms with van der Waals surface area (Å²) in [5.74, 6) is 0. The van der Waals surface area contributed by atoms with E-state index in [-0.39, 0.29) is 0 Å². The Morgan fingerprint density at radius 2 is 2.45 bits per heavy atom. The third kappa shape index (κ3) is 1.46. The molecule has 0 fully saturated rings. The minimum absolute atomic E-state index is 1.07. The minimum atomic E-state index is 1.07. The van der Waals surface area contributed by atoms with Gasteiger partial charge >= 0.3 is 0 Å². The Morgan fingerprint density at radius 1 is 1.45 bits per heavy atom. The summed E-state index contributed by atoms with van der Waals surface area (Å²) < 4.78 is 0. The summed E-state index contributed by atoms with van der Waals surface area (Å²) in [4.78, 5) is 1.54. The zero-order valence-corrected chi connectivity index (χ0v) is 7.16.